The van der Waals surface area contributed by atoms with Gasteiger partial charge in [-0.25, -0.2) is 0 Å². The Hall–Kier alpha value is -1.14. The predicted molar refractivity (Wildman–Crippen MR) is 80.0 cm³/mol. The Labute approximate surface area is 115 Å². The van der Waals surface area contributed by atoms with Crippen LogP contribution in [0.3, 0.4) is 0 Å². The van der Waals surface area contributed by atoms with E-state index >= 15 is 0 Å². The van der Waals surface area contributed by atoms with E-state index in [2.05, 4.69) is 41.9 Å². The van der Waals surface area contributed by atoms with Crippen molar-refractivity contribution in [2.45, 2.75) is 38.0 Å². The zero-order valence-electron chi connectivity index (χ0n) is 11.5. The van der Waals surface area contributed by atoms with E-state index in [-0.39, 0.29) is 5.41 Å². The van der Waals surface area contributed by atoms with Crippen LogP contribution < -0.4 is 5.32 Å². The summed E-state index contributed by atoms with van der Waals surface area (Å²) in [6, 6.07) is 10.7. The van der Waals surface area contributed by atoms with Gasteiger partial charge in [0.25, 0.3) is 0 Å². The third-order valence-corrected chi connectivity index (χ3v) is 3.75. The molecule has 18 heavy (non-hydrogen) atoms. The summed E-state index contributed by atoms with van der Waals surface area (Å²) >= 11 is 1.76. The Morgan fingerprint density at radius 1 is 1.28 bits per heavy atom. The van der Waals surface area contributed by atoms with Gasteiger partial charge in [0.05, 0.1) is 11.5 Å². The average Bonchev–Trinajstić information content (AvgIpc) is 2.38. The van der Waals surface area contributed by atoms with Crippen molar-refractivity contribution in [3.63, 3.8) is 0 Å². The number of unbranched alkanes of at least 4 members (excludes halogenated alkanes) is 1. The van der Waals surface area contributed by atoms with Crippen LogP contribution in [0.5, 0.6) is 0 Å². The second-order valence-corrected chi connectivity index (χ2v) is 5.93. The third kappa shape index (κ3) is 5.01. The lowest BCUT2D eigenvalue weighted by atomic mass is 9.89. The molecule has 0 fully saturated rings. The Morgan fingerprint density at radius 3 is 2.67 bits per heavy atom. The van der Waals surface area contributed by atoms with E-state index in [1.54, 1.807) is 11.8 Å². The van der Waals surface area contributed by atoms with Crippen LogP contribution in [0.15, 0.2) is 29.2 Å². The van der Waals surface area contributed by atoms with E-state index in [0.717, 1.165) is 25.8 Å². The fourth-order valence-electron chi connectivity index (χ4n) is 1.76. The second-order valence-electron chi connectivity index (χ2n) is 5.08. The first-order chi connectivity index (χ1) is 8.59. The maximum absolute atomic E-state index is 8.93. The number of anilines is 1. The van der Waals surface area contributed by atoms with Crippen LogP contribution in [0.4, 0.5) is 5.69 Å². The van der Waals surface area contributed by atoms with Crippen LogP contribution in [0, 0.1) is 16.7 Å². The lowest BCUT2D eigenvalue weighted by molar-refractivity contribution is 0.430. The monoisotopic (exact) mass is 262 g/mol. The molecule has 3 heteroatoms. The molecule has 0 heterocycles. The Kier molecular flexibility index (Phi) is 6.07. The van der Waals surface area contributed by atoms with Gasteiger partial charge in [-0.1, -0.05) is 18.6 Å². The maximum atomic E-state index is 8.93. The zero-order valence-corrected chi connectivity index (χ0v) is 12.3. The molecule has 0 radical (unpaired) electrons. The number of para-hydroxylation sites is 1. The molecule has 0 bridgehead atoms. The molecule has 1 aromatic carbocycles. The van der Waals surface area contributed by atoms with Crippen molar-refractivity contribution in [1.82, 2.24) is 0 Å². The Morgan fingerprint density at radius 2 is 2.00 bits per heavy atom. The molecular formula is C15H22N2S. The lowest BCUT2D eigenvalue weighted by Crippen LogP contribution is -2.09. The van der Waals surface area contributed by atoms with E-state index < -0.39 is 0 Å². The SMILES string of the molecule is CSc1ccccc1NCCCCC(C)(C)C#N. The van der Waals surface area contributed by atoms with Crippen LogP contribution in [0.1, 0.15) is 33.1 Å². The molecule has 0 aliphatic rings. The second kappa shape index (κ2) is 7.33. The molecule has 1 aromatic rings. The van der Waals surface area contributed by atoms with Gasteiger partial charge in [-0.2, -0.15) is 5.26 Å². The van der Waals surface area contributed by atoms with E-state index in [4.69, 9.17) is 5.26 Å². The fourth-order valence-corrected chi connectivity index (χ4v) is 2.34. The Bertz CT molecular complexity index is 407. The summed E-state index contributed by atoms with van der Waals surface area (Å²) in [7, 11) is 0. The van der Waals surface area contributed by atoms with Gasteiger partial charge in [-0.05, 0) is 45.1 Å². The highest BCUT2D eigenvalue weighted by Gasteiger charge is 2.15. The summed E-state index contributed by atoms with van der Waals surface area (Å²) < 4.78 is 0. The molecule has 0 amide bonds. The van der Waals surface area contributed by atoms with Crippen LogP contribution in [0.25, 0.3) is 0 Å². The molecule has 1 rings (SSSR count). The highest BCUT2D eigenvalue weighted by Crippen LogP contribution is 2.25. The van der Waals surface area contributed by atoms with Gasteiger partial charge in [0.1, 0.15) is 0 Å². The quantitative estimate of drug-likeness (QED) is 0.579. The van der Waals surface area contributed by atoms with Crippen LogP contribution in [-0.2, 0) is 0 Å². The van der Waals surface area contributed by atoms with E-state index in [9.17, 15) is 0 Å². The summed E-state index contributed by atoms with van der Waals surface area (Å²) in [6.07, 6.45) is 5.26. The molecule has 0 saturated heterocycles. The summed E-state index contributed by atoms with van der Waals surface area (Å²) in [5.74, 6) is 0. The first-order valence-corrected chi connectivity index (χ1v) is 7.60. The van der Waals surface area contributed by atoms with Gasteiger partial charge >= 0.3 is 0 Å². The minimum atomic E-state index is -0.183. The number of nitrogens with one attached hydrogen (secondary N) is 1. The summed E-state index contributed by atoms with van der Waals surface area (Å²) in [5, 5.41) is 12.4. The number of nitrogens with zero attached hydrogens (tertiary/aromatic N) is 1. The number of hydrogen-bond acceptors (Lipinski definition) is 3. The van der Waals surface area contributed by atoms with Crippen LogP contribution in [-0.4, -0.2) is 12.8 Å². The maximum Gasteiger partial charge on any atom is 0.0683 e. The predicted octanol–water partition coefficient (Wildman–Crippen LogP) is 4.54. The van der Waals surface area contributed by atoms with Gasteiger partial charge in [-0.3, -0.25) is 0 Å². The van der Waals surface area contributed by atoms with Crippen molar-refractivity contribution < 1.29 is 0 Å². The van der Waals surface area contributed by atoms with Crippen molar-refractivity contribution in [2.75, 3.05) is 18.1 Å². The van der Waals surface area contributed by atoms with E-state index in [1.807, 2.05) is 13.8 Å². The first-order valence-electron chi connectivity index (χ1n) is 6.37. The molecule has 98 valence electrons. The number of nitriles is 1. The van der Waals surface area contributed by atoms with E-state index in [0.29, 0.717) is 0 Å². The number of benzene rings is 1. The van der Waals surface area contributed by atoms with Gasteiger partial charge in [0.2, 0.25) is 0 Å². The van der Waals surface area contributed by atoms with E-state index in [1.165, 1.54) is 10.6 Å². The van der Waals surface area contributed by atoms with Crippen molar-refractivity contribution in [1.29, 1.82) is 5.26 Å². The summed E-state index contributed by atoms with van der Waals surface area (Å²) in [6.45, 7) is 4.98. The van der Waals surface area contributed by atoms with Gasteiger partial charge in [0, 0.05) is 17.1 Å². The number of hydrogen-bond donors (Lipinski definition) is 1. The lowest BCUT2D eigenvalue weighted by Gasteiger charge is -2.15. The van der Waals surface area contributed by atoms with Crippen molar-refractivity contribution in [3.05, 3.63) is 24.3 Å². The molecule has 0 spiro atoms. The molecule has 2 nitrogen and oxygen atoms in total. The molecule has 0 unspecified atom stereocenters. The number of thioether (sulfide) groups is 1. The normalized spacial score (nSPS) is 11.0. The van der Waals surface area contributed by atoms with Gasteiger partial charge in [0.15, 0.2) is 0 Å². The first kappa shape index (κ1) is 14.9. The zero-order chi connectivity index (χ0) is 13.4. The molecule has 1 N–H and O–H groups in total. The summed E-state index contributed by atoms with van der Waals surface area (Å²) in [4.78, 5) is 1.29. The topological polar surface area (TPSA) is 35.8 Å². The summed E-state index contributed by atoms with van der Waals surface area (Å²) in [5.41, 5.74) is 1.03. The van der Waals surface area contributed by atoms with Gasteiger partial charge in [-0.15, -0.1) is 11.8 Å². The van der Waals surface area contributed by atoms with Crippen LogP contribution in [0.2, 0.25) is 0 Å². The fraction of sp³-hybridized carbons (Fsp3) is 0.533. The molecular weight excluding hydrogens is 240 g/mol. The van der Waals surface area contributed by atoms with Crippen LogP contribution >= 0.6 is 11.8 Å². The smallest absolute Gasteiger partial charge is 0.0683 e. The molecule has 0 aliphatic carbocycles. The highest BCUT2D eigenvalue weighted by atomic mass is 32.2. The molecule has 0 aromatic heterocycles. The molecule has 0 atom stereocenters. The largest absolute Gasteiger partial charge is 0.384 e. The molecule has 0 aliphatic heterocycles. The third-order valence-electron chi connectivity index (χ3n) is 2.95. The van der Waals surface area contributed by atoms with Crippen molar-refractivity contribution in [3.8, 4) is 6.07 Å². The minimum Gasteiger partial charge on any atom is -0.384 e. The minimum absolute atomic E-state index is 0.183. The standard InChI is InChI=1S/C15H22N2S/c1-15(2,12-16)10-6-7-11-17-13-8-4-5-9-14(13)18-3/h4-5,8-9,17H,6-7,10-11H2,1-3H3. The number of rotatable bonds is 7. The Balaban J connectivity index is 2.28. The average molecular weight is 262 g/mol. The molecule has 0 saturated carbocycles. The van der Waals surface area contributed by atoms with Crippen molar-refractivity contribution >= 4 is 17.4 Å². The van der Waals surface area contributed by atoms with Crippen molar-refractivity contribution in [2.24, 2.45) is 5.41 Å². The highest BCUT2D eigenvalue weighted by molar-refractivity contribution is 7.98. The van der Waals surface area contributed by atoms with Gasteiger partial charge < -0.3 is 5.32 Å².